The molecule has 50 heavy (non-hydrogen) atoms. The van der Waals surface area contributed by atoms with Gasteiger partial charge in [-0.25, -0.2) is 0 Å². The molecule has 0 saturated carbocycles. The number of esters is 1. The maximum absolute atomic E-state index is 14.2. The zero-order chi connectivity index (χ0) is 36.0. The molecule has 3 aromatic rings. The van der Waals surface area contributed by atoms with E-state index < -0.39 is 35.7 Å². The number of ketones is 2. The quantitative estimate of drug-likeness (QED) is 0.0991. The molecule has 0 aromatic heterocycles. The number of amides is 1. The summed E-state index contributed by atoms with van der Waals surface area (Å²) in [4.78, 5) is 56.0. The van der Waals surface area contributed by atoms with E-state index in [1.54, 1.807) is 50.9 Å². The highest BCUT2D eigenvalue weighted by Gasteiger charge is 2.38. The predicted octanol–water partition coefficient (Wildman–Crippen LogP) is 6.73. The summed E-state index contributed by atoms with van der Waals surface area (Å²) < 4.78 is 23.0. The molecule has 10 heteroatoms. The van der Waals surface area contributed by atoms with Crippen LogP contribution in [-0.4, -0.2) is 72.2 Å². The number of aliphatic hydroxyl groups excluding tert-OH is 1. The van der Waals surface area contributed by atoms with Crippen molar-refractivity contribution in [1.29, 1.82) is 0 Å². The normalized spacial score (nSPS) is 15.1. The number of unbranched alkanes of at least 4 members (excludes halogenated alkanes) is 4. The first-order valence-electron chi connectivity index (χ1n) is 17.3. The topological polar surface area (TPSA) is 129 Å². The van der Waals surface area contributed by atoms with E-state index >= 15 is 0 Å². The molecule has 1 unspecified atom stereocenters. The van der Waals surface area contributed by atoms with Crippen LogP contribution >= 0.6 is 0 Å². The highest BCUT2D eigenvalue weighted by atomic mass is 16.7. The third-order valence-electron chi connectivity index (χ3n) is 8.80. The average molecular weight is 686 g/mol. The van der Waals surface area contributed by atoms with E-state index in [0.29, 0.717) is 34.3 Å². The summed E-state index contributed by atoms with van der Waals surface area (Å²) >= 11 is 0. The highest BCUT2D eigenvalue weighted by molar-refractivity contribution is 6.29. The molecule has 1 aliphatic carbocycles. The molecule has 1 N–H and O–H groups in total. The number of hydrogen-bond acceptors (Lipinski definition) is 9. The zero-order valence-corrected chi connectivity index (χ0v) is 29.6. The minimum absolute atomic E-state index is 0.0197. The lowest BCUT2D eigenvalue weighted by atomic mass is 9.79. The third kappa shape index (κ3) is 8.49. The molecule has 1 amide bonds. The lowest BCUT2D eigenvalue weighted by Gasteiger charge is -2.26. The number of ether oxygens (including phenoxy) is 4. The number of aliphatic hydroxyl groups is 1. The van der Waals surface area contributed by atoms with Crippen LogP contribution in [0.5, 0.6) is 5.75 Å². The Hall–Kier alpha value is -4.38. The molecule has 0 bridgehead atoms. The summed E-state index contributed by atoms with van der Waals surface area (Å²) in [6.07, 6.45) is 3.38. The SMILES string of the molecule is CCCCCCCOCOc1cc2cc3c(cc2c2c1C(=O)N(C)C2)C(=O)C(C(O)CC(=O)OC(C)(C)C)=C(COCc1ccccc1)C3=O. The second kappa shape index (κ2) is 16.1. The summed E-state index contributed by atoms with van der Waals surface area (Å²) in [5, 5.41) is 12.6. The van der Waals surface area contributed by atoms with Crippen molar-refractivity contribution in [3.8, 4) is 5.75 Å². The minimum atomic E-state index is -1.61. The standard InChI is InChI=1S/C40H47NO9/c1-6-7-8-9-13-16-47-24-49-33-18-26-17-28-29(19-27(26)30-21-41(5)39(46)36(30)33)38(45)35(32(42)20-34(43)50-40(2,3)4)31(37(28)44)23-48-22-25-14-11-10-12-15-25/h10-12,14-15,17-19,32,42H,6-9,13,16,20-24H2,1-5H3. The van der Waals surface area contributed by atoms with Crippen molar-refractivity contribution in [3.05, 3.63) is 87.5 Å². The summed E-state index contributed by atoms with van der Waals surface area (Å²) in [5.41, 5.74) is 1.12. The minimum Gasteiger partial charge on any atom is -0.467 e. The number of Topliss-reactive ketones (excluding diaryl/α,β-unsaturated/α-hetero) is 2. The molecule has 0 radical (unpaired) electrons. The summed E-state index contributed by atoms with van der Waals surface area (Å²) in [6.45, 7) is 7.98. The second-order valence-corrected chi connectivity index (χ2v) is 13.9. The van der Waals surface area contributed by atoms with Gasteiger partial charge in [0.1, 0.15) is 11.4 Å². The molecule has 2 aliphatic rings. The van der Waals surface area contributed by atoms with E-state index in [-0.39, 0.29) is 54.7 Å². The van der Waals surface area contributed by atoms with Crippen LogP contribution in [0.15, 0.2) is 59.7 Å². The van der Waals surface area contributed by atoms with Gasteiger partial charge in [0.15, 0.2) is 18.4 Å². The number of benzene rings is 3. The Morgan fingerprint density at radius 2 is 1.64 bits per heavy atom. The largest absolute Gasteiger partial charge is 0.467 e. The van der Waals surface area contributed by atoms with E-state index in [4.69, 9.17) is 18.9 Å². The van der Waals surface area contributed by atoms with Gasteiger partial charge in [0.05, 0.1) is 37.9 Å². The smallest absolute Gasteiger partial charge is 0.309 e. The van der Waals surface area contributed by atoms with Crippen molar-refractivity contribution in [2.24, 2.45) is 0 Å². The number of carbonyl (C=O) groups excluding carboxylic acids is 4. The molecule has 1 atom stereocenters. The van der Waals surface area contributed by atoms with E-state index in [0.717, 1.165) is 24.8 Å². The molecule has 266 valence electrons. The molecule has 1 aliphatic heterocycles. The van der Waals surface area contributed by atoms with Crippen LogP contribution in [0.1, 0.15) is 108 Å². The van der Waals surface area contributed by atoms with Gasteiger partial charge in [-0.1, -0.05) is 62.9 Å². The molecular weight excluding hydrogens is 638 g/mol. The first-order valence-corrected chi connectivity index (χ1v) is 17.3. The van der Waals surface area contributed by atoms with Gasteiger partial charge in [-0.15, -0.1) is 0 Å². The molecule has 1 heterocycles. The van der Waals surface area contributed by atoms with Crippen molar-refractivity contribution in [2.75, 3.05) is 27.1 Å². The van der Waals surface area contributed by atoms with Crippen molar-refractivity contribution >= 4 is 34.2 Å². The van der Waals surface area contributed by atoms with Crippen LogP contribution in [-0.2, 0) is 32.2 Å². The van der Waals surface area contributed by atoms with Crippen molar-refractivity contribution in [1.82, 2.24) is 4.90 Å². The maximum atomic E-state index is 14.2. The van der Waals surface area contributed by atoms with Crippen LogP contribution in [0.4, 0.5) is 0 Å². The number of hydrogen-bond donors (Lipinski definition) is 1. The van der Waals surface area contributed by atoms with E-state index in [9.17, 15) is 24.3 Å². The lowest BCUT2D eigenvalue weighted by Crippen LogP contribution is -2.33. The Bertz CT molecular complexity index is 1790. The van der Waals surface area contributed by atoms with Crippen LogP contribution in [0, 0.1) is 0 Å². The van der Waals surface area contributed by atoms with E-state index in [1.807, 2.05) is 30.3 Å². The monoisotopic (exact) mass is 685 g/mol. The Morgan fingerprint density at radius 1 is 0.920 bits per heavy atom. The third-order valence-corrected chi connectivity index (χ3v) is 8.80. The number of rotatable bonds is 16. The van der Waals surface area contributed by atoms with Gasteiger partial charge in [-0.2, -0.15) is 0 Å². The maximum Gasteiger partial charge on any atom is 0.309 e. The highest BCUT2D eigenvalue weighted by Crippen LogP contribution is 2.40. The lowest BCUT2D eigenvalue weighted by molar-refractivity contribution is -0.156. The first kappa shape index (κ1) is 36.9. The van der Waals surface area contributed by atoms with Crippen molar-refractivity contribution < 1.29 is 43.2 Å². The van der Waals surface area contributed by atoms with Gasteiger partial charge in [-0.3, -0.25) is 19.2 Å². The van der Waals surface area contributed by atoms with Crippen LogP contribution in [0.25, 0.3) is 10.8 Å². The molecular formula is C40H47NO9. The van der Waals surface area contributed by atoms with Crippen LogP contribution in [0.2, 0.25) is 0 Å². The fourth-order valence-corrected chi connectivity index (χ4v) is 6.40. The zero-order valence-electron chi connectivity index (χ0n) is 29.6. The van der Waals surface area contributed by atoms with Gasteiger partial charge < -0.3 is 29.0 Å². The van der Waals surface area contributed by atoms with Crippen molar-refractivity contribution in [3.63, 3.8) is 0 Å². The summed E-state index contributed by atoms with van der Waals surface area (Å²) in [6, 6.07) is 14.3. The van der Waals surface area contributed by atoms with Crippen LogP contribution in [0.3, 0.4) is 0 Å². The molecule has 5 rings (SSSR count). The summed E-state index contributed by atoms with van der Waals surface area (Å²) in [5.74, 6) is -1.66. The second-order valence-electron chi connectivity index (χ2n) is 13.9. The van der Waals surface area contributed by atoms with Crippen LogP contribution < -0.4 is 4.74 Å². The molecule has 0 spiro atoms. The van der Waals surface area contributed by atoms with Gasteiger partial charge in [0.25, 0.3) is 5.91 Å². The Morgan fingerprint density at radius 3 is 2.36 bits per heavy atom. The first-order chi connectivity index (χ1) is 23.9. The number of fused-ring (bicyclic) bond motifs is 4. The predicted molar refractivity (Wildman–Crippen MR) is 188 cm³/mol. The number of carbonyl (C=O) groups is 4. The van der Waals surface area contributed by atoms with E-state index in [2.05, 4.69) is 6.92 Å². The van der Waals surface area contributed by atoms with Gasteiger partial charge in [-0.05, 0) is 67.3 Å². The molecule has 10 nitrogen and oxygen atoms in total. The summed E-state index contributed by atoms with van der Waals surface area (Å²) in [7, 11) is 1.69. The molecule has 3 aromatic carbocycles. The molecule has 0 fully saturated rings. The fraction of sp³-hybridized carbons (Fsp3) is 0.450. The Balaban J connectivity index is 1.48. The fourth-order valence-electron chi connectivity index (χ4n) is 6.40. The Labute approximate surface area is 293 Å². The molecule has 0 saturated heterocycles. The van der Waals surface area contributed by atoms with Gasteiger partial charge in [0.2, 0.25) is 0 Å². The van der Waals surface area contributed by atoms with Gasteiger partial charge in [0, 0.05) is 35.9 Å². The number of nitrogens with zero attached hydrogens (tertiary/aromatic N) is 1. The van der Waals surface area contributed by atoms with E-state index in [1.165, 1.54) is 12.8 Å². The van der Waals surface area contributed by atoms with Crippen molar-refractivity contribution in [2.45, 2.75) is 91.1 Å². The average Bonchev–Trinajstić information content (AvgIpc) is 3.37. The van der Waals surface area contributed by atoms with Gasteiger partial charge >= 0.3 is 5.97 Å². The Kier molecular flexibility index (Phi) is 11.9.